The van der Waals surface area contributed by atoms with Gasteiger partial charge < -0.3 is 14.6 Å². The molecule has 0 aliphatic carbocycles. The number of benzene rings is 3. The van der Waals surface area contributed by atoms with Gasteiger partial charge in [0, 0.05) is 6.54 Å². The highest BCUT2D eigenvalue weighted by Gasteiger charge is 2.16. The smallest absolute Gasteiger partial charge is 0.243 e. The van der Waals surface area contributed by atoms with Crippen molar-refractivity contribution in [3.63, 3.8) is 0 Å². The zero-order valence-corrected chi connectivity index (χ0v) is 15.3. The molecule has 1 N–H and O–H groups in total. The van der Waals surface area contributed by atoms with Crippen molar-refractivity contribution in [2.45, 2.75) is 19.5 Å². The Morgan fingerprint density at radius 3 is 2.74 bits per heavy atom. The Morgan fingerprint density at radius 2 is 1.89 bits per heavy atom. The third kappa shape index (κ3) is 3.36. The van der Waals surface area contributed by atoms with Gasteiger partial charge in [0.25, 0.3) is 0 Å². The molecule has 5 heteroatoms. The maximum atomic E-state index is 12.6. The van der Waals surface area contributed by atoms with Crippen LogP contribution in [-0.2, 0) is 11.3 Å². The molecular formula is C22H21N3O2. The number of para-hydroxylation sites is 2. The highest BCUT2D eigenvalue weighted by Crippen LogP contribution is 2.22. The van der Waals surface area contributed by atoms with Crippen LogP contribution in [0.1, 0.15) is 18.5 Å². The van der Waals surface area contributed by atoms with E-state index in [1.54, 1.807) is 13.4 Å². The average Bonchev–Trinajstić information content (AvgIpc) is 3.15. The first kappa shape index (κ1) is 17.1. The average molecular weight is 359 g/mol. The zero-order chi connectivity index (χ0) is 18.8. The Morgan fingerprint density at radius 1 is 1.11 bits per heavy atom. The number of hydrogen-bond donors (Lipinski definition) is 1. The lowest BCUT2D eigenvalue weighted by atomic mass is 10.1. The third-order valence-corrected chi connectivity index (χ3v) is 4.86. The van der Waals surface area contributed by atoms with Crippen LogP contribution in [0.3, 0.4) is 0 Å². The molecule has 0 spiro atoms. The van der Waals surface area contributed by atoms with E-state index in [9.17, 15) is 4.79 Å². The molecule has 1 heterocycles. The molecule has 0 aliphatic heterocycles. The fourth-order valence-corrected chi connectivity index (χ4v) is 3.26. The lowest BCUT2D eigenvalue weighted by Gasteiger charge is -2.15. The van der Waals surface area contributed by atoms with E-state index in [4.69, 9.17) is 4.74 Å². The topological polar surface area (TPSA) is 56.1 Å². The number of methoxy groups -OCH3 is 1. The van der Waals surface area contributed by atoms with Gasteiger partial charge in [-0.25, -0.2) is 4.98 Å². The Bertz CT molecular complexity index is 1120. The fourth-order valence-electron chi connectivity index (χ4n) is 3.26. The SMILES string of the molecule is COc1ccc2cc(CNC(=O)[C@H](C)n3cnc4ccccc43)ccc2c1. The molecule has 0 saturated carbocycles. The number of carbonyl (C=O) groups is 1. The fraction of sp³-hybridized carbons (Fsp3) is 0.182. The van der Waals surface area contributed by atoms with Gasteiger partial charge in [0.05, 0.1) is 24.5 Å². The number of hydrogen-bond acceptors (Lipinski definition) is 3. The molecule has 1 aromatic heterocycles. The molecular weight excluding hydrogens is 338 g/mol. The van der Waals surface area contributed by atoms with Crippen molar-refractivity contribution in [3.8, 4) is 5.75 Å². The predicted molar refractivity (Wildman–Crippen MR) is 107 cm³/mol. The van der Waals surface area contributed by atoms with E-state index in [-0.39, 0.29) is 11.9 Å². The van der Waals surface area contributed by atoms with Crippen molar-refractivity contribution in [1.82, 2.24) is 14.9 Å². The van der Waals surface area contributed by atoms with Crippen LogP contribution in [0.15, 0.2) is 67.0 Å². The van der Waals surface area contributed by atoms with Gasteiger partial charge in [-0.05, 0) is 53.6 Å². The van der Waals surface area contributed by atoms with E-state index >= 15 is 0 Å². The van der Waals surface area contributed by atoms with Gasteiger partial charge in [-0.2, -0.15) is 0 Å². The number of rotatable bonds is 5. The van der Waals surface area contributed by atoms with Crippen LogP contribution in [0, 0.1) is 0 Å². The molecule has 0 aliphatic rings. The molecule has 0 unspecified atom stereocenters. The second-order valence-electron chi connectivity index (χ2n) is 6.58. The molecule has 5 nitrogen and oxygen atoms in total. The minimum atomic E-state index is -0.331. The van der Waals surface area contributed by atoms with E-state index in [0.717, 1.165) is 33.1 Å². The second-order valence-corrected chi connectivity index (χ2v) is 6.58. The molecule has 4 rings (SSSR count). The molecule has 1 amide bonds. The van der Waals surface area contributed by atoms with Crippen LogP contribution in [-0.4, -0.2) is 22.6 Å². The van der Waals surface area contributed by atoms with Gasteiger partial charge in [-0.15, -0.1) is 0 Å². The van der Waals surface area contributed by atoms with Gasteiger partial charge in [-0.3, -0.25) is 4.79 Å². The lowest BCUT2D eigenvalue weighted by molar-refractivity contribution is -0.123. The first-order valence-corrected chi connectivity index (χ1v) is 8.91. The largest absolute Gasteiger partial charge is 0.497 e. The molecule has 0 fully saturated rings. The summed E-state index contributed by atoms with van der Waals surface area (Å²) in [5.74, 6) is 0.804. The summed E-state index contributed by atoms with van der Waals surface area (Å²) in [6.45, 7) is 2.37. The number of nitrogens with zero attached hydrogens (tertiary/aromatic N) is 2. The Kier molecular flexibility index (Phi) is 4.50. The molecule has 136 valence electrons. The molecule has 0 saturated heterocycles. The summed E-state index contributed by atoms with van der Waals surface area (Å²) < 4.78 is 7.16. The van der Waals surface area contributed by atoms with Crippen molar-refractivity contribution in [2.24, 2.45) is 0 Å². The number of nitrogens with one attached hydrogen (secondary N) is 1. The minimum absolute atomic E-state index is 0.0343. The quantitative estimate of drug-likeness (QED) is 0.584. The maximum Gasteiger partial charge on any atom is 0.243 e. The number of amides is 1. The first-order valence-electron chi connectivity index (χ1n) is 8.91. The Balaban J connectivity index is 1.47. The van der Waals surface area contributed by atoms with E-state index in [1.807, 2.05) is 66.1 Å². The standard InChI is InChI=1S/C22H21N3O2/c1-15(25-14-24-20-5-3-4-6-21(20)25)22(26)23-13-16-7-8-18-12-19(27-2)10-9-17(18)11-16/h3-12,14-15H,13H2,1-2H3,(H,23,26)/t15-/m0/s1. The van der Waals surface area contributed by atoms with Crippen LogP contribution in [0.25, 0.3) is 21.8 Å². The molecule has 0 bridgehead atoms. The Hall–Kier alpha value is -3.34. The minimum Gasteiger partial charge on any atom is -0.497 e. The lowest BCUT2D eigenvalue weighted by Crippen LogP contribution is -2.30. The number of ether oxygens (including phenoxy) is 1. The molecule has 3 aromatic carbocycles. The molecule has 27 heavy (non-hydrogen) atoms. The zero-order valence-electron chi connectivity index (χ0n) is 15.3. The van der Waals surface area contributed by atoms with Crippen LogP contribution in [0.5, 0.6) is 5.75 Å². The van der Waals surface area contributed by atoms with Gasteiger partial charge in [0.1, 0.15) is 11.8 Å². The van der Waals surface area contributed by atoms with Gasteiger partial charge in [0.2, 0.25) is 5.91 Å². The number of fused-ring (bicyclic) bond motifs is 2. The van der Waals surface area contributed by atoms with E-state index in [0.29, 0.717) is 6.54 Å². The van der Waals surface area contributed by atoms with Crippen molar-refractivity contribution >= 4 is 27.7 Å². The highest BCUT2D eigenvalue weighted by atomic mass is 16.5. The monoisotopic (exact) mass is 359 g/mol. The number of aromatic nitrogens is 2. The van der Waals surface area contributed by atoms with Crippen molar-refractivity contribution in [2.75, 3.05) is 7.11 Å². The van der Waals surface area contributed by atoms with Crippen LogP contribution in [0.2, 0.25) is 0 Å². The van der Waals surface area contributed by atoms with E-state index < -0.39 is 0 Å². The van der Waals surface area contributed by atoms with Gasteiger partial charge >= 0.3 is 0 Å². The molecule has 1 atom stereocenters. The molecule has 4 aromatic rings. The summed E-state index contributed by atoms with van der Waals surface area (Å²) in [7, 11) is 1.66. The number of imidazole rings is 1. The normalized spacial score (nSPS) is 12.2. The highest BCUT2D eigenvalue weighted by molar-refractivity contribution is 5.85. The first-order chi connectivity index (χ1) is 13.2. The van der Waals surface area contributed by atoms with Crippen LogP contribution in [0.4, 0.5) is 0 Å². The van der Waals surface area contributed by atoms with Crippen molar-refractivity contribution in [3.05, 3.63) is 72.6 Å². The second kappa shape index (κ2) is 7.11. The molecule has 0 radical (unpaired) electrons. The summed E-state index contributed by atoms with van der Waals surface area (Å²) >= 11 is 0. The van der Waals surface area contributed by atoms with Crippen molar-refractivity contribution < 1.29 is 9.53 Å². The Labute approximate surface area is 157 Å². The predicted octanol–water partition coefficient (Wildman–Crippen LogP) is 4.08. The summed E-state index contributed by atoms with van der Waals surface area (Å²) in [6, 6.07) is 19.6. The van der Waals surface area contributed by atoms with E-state index in [2.05, 4.69) is 16.4 Å². The van der Waals surface area contributed by atoms with Crippen LogP contribution < -0.4 is 10.1 Å². The summed E-state index contributed by atoms with van der Waals surface area (Å²) in [4.78, 5) is 17.0. The summed E-state index contributed by atoms with van der Waals surface area (Å²) in [5, 5.41) is 5.26. The van der Waals surface area contributed by atoms with E-state index in [1.165, 1.54) is 0 Å². The third-order valence-electron chi connectivity index (χ3n) is 4.86. The summed E-state index contributed by atoms with van der Waals surface area (Å²) in [6.07, 6.45) is 1.72. The maximum absolute atomic E-state index is 12.6. The summed E-state index contributed by atoms with van der Waals surface area (Å²) in [5.41, 5.74) is 2.91. The van der Waals surface area contributed by atoms with Gasteiger partial charge in [0.15, 0.2) is 0 Å². The van der Waals surface area contributed by atoms with Gasteiger partial charge in [-0.1, -0.05) is 30.3 Å². The van der Waals surface area contributed by atoms with Crippen molar-refractivity contribution in [1.29, 1.82) is 0 Å². The van der Waals surface area contributed by atoms with Crippen LogP contribution >= 0.6 is 0 Å². The number of carbonyl (C=O) groups excluding carboxylic acids is 1.